The molecule has 0 fully saturated rings. The molecule has 0 spiro atoms. The van der Waals surface area contributed by atoms with Crippen molar-refractivity contribution in [2.75, 3.05) is 4.72 Å². The number of rotatable bonds is 4. The van der Waals surface area contributed by atoms with Crippen LogP contribution in [0.3, 0.4) is 0 Å². The largest absolute Gasteiger partial charge is 0.392 e. The highest BCUT2D eigenvalue weighted by molar-refractivity contribution is 9.10. The fourth-order valence-corrected chi connectivity index (χ4v) is 3.10. The summed E-state index contributed by atoms with van der Waals surface area (Å²) >= 11 is 3.28. The highest BCUT2D eigenvalue weighted by Gasteiger charge is 2.14. The normalized spacial score (nSPS) is 11.3. The van der Waals surface area contributed by atoms with Crippen LogP contribution in [0.15, 0.2) is 57.9 Å². The Kier molecular flexibility index (Phi) is 4.24. The van der Waals surface area contributed by atoms with Gasteiger partial charge in [-0.2, -0.15) is 0 Å². The fourth-order valence-electron chi connectivity index (χ4n) is 1.58. The van der Waals surface area contributed by atoms with Crippen molar-refractivity contribution in [3.63, 3.8) is 0 Å². The van der Waals surface area contributed by atoms with Crippen molar-refractivity contribution in [1.29, 1.82) is 0 Å². The maximum atomic E-state index is 12.2. The third kappa shape index (κ3) is 3.56. The van der Waals surface area contributed by atoms with Crippen LogP contribution >= 0.6 is 15.9 Å². The van der Waals surface area contributed by atoms with E-state index < -0.39 is 10.0 Å². The standard InChI is InChI=1S/C13H12BrNO3S/c14-11-4-2-5-12(8-11)15-19(17,18)13-6-1-3-10(7-13)9-16/h1-8,15-16H,9H2. The molecular weight excluding hydrogens is 330 g/mol. The molecule has 0 aliphatic rings. The van der Waals surface area contributed by atoms with Crippen molar-refractivity contribution in [2.24, 2.45) is 0 Å². The maximum Gasteiger partial charge on any atom is 0.261 e. The van der Waals surface area contributed by atoms with Crippen LogP contribution in [0.2, 0.25) is 0 Å². The lowest BCUT2D eigenvalue weighted by molar-refractivity contribution is 0.281. The molecule has 4 nitrogen and oxygen atoms in total. The minimum absolute atomic E-state index is 0.124. The van der Waals surface area contributed by atoms with E-state index in [-0.39, 0.29) is 11.5 Å². The van der Waals surface area contributed by atoms with E-state index in [0.717, 1.165) is 4.47 Å². The lowest BCUT2D eigenvalue weighted by Gasteiger charge is -2.09. The molecule has 0 saturated heterocycles. The number of anilines is 1. The van der Waals surface area contributed by atoms with Gasteiger partial charge in [0.25, 0.3) is 10.0 Å². The van der Waals surface area contributed by atoms with Crippen LogP contribution in [0, 0.1) is 0 Å². The fraction of sp³-hybridized carbons (Fsp3) is 0.0769. The minimum Gasteiger partial charge on any atom is -0.392 e. The van der Waals surface area contributed by atoms with Crippen LogP contribution in [-0.4, -0.2) is 13.5 Å². The van der Waals surface area contributed by atoms with Crippen molar-refractivity contribution in [2.45, 2.75) is 11.5 Å². The quantitative estimate of drug-likeness (QED) is 0.898. The number of aliphatic hydroxyl groups excluding tert-OH is 1. The monoisotopic (exact) mass is 341 g/mol. The summed E-state index contributed by atoms with van der Waals surface area (Å²) in [6.07, 6.45) is 0. The Morgan fingerprint density at radius 2 is 1.84 bits per heavy atom. The Labute approximate surface area is 120 Å². The molecule has 0 saturated carbocycles. The second kappa shape index (κ2) is 5.73. The summed E-state index contributed by atoms with van der Waals surface area (Å²) in [5, 5.41) is 9.03. The predicted molar refractivity (Wildman–Crippen MR) is 77.3 cm³/mol. The molecule has 2 rings (SSSR count). The van der Waals surface area contributed by atoms with E-state index in [2.05, 4.69) is 20.7 Å². The van der Waals surface area contributed by atoms with Gasteiger partial charge in [-0.05, 0) is 35.9 Å². The van der Waals surface area contributed by atoms with Gasteiger partial charge in [-0.1, -0.05) is 34.1 Å². The van der Waals surface area contributed by atoms with Gasteiger partial charge in [0.15, 0.2) is 0 Å². The molecule has 0 unspecified atom stereocenters. The van der Waals surface area contributed by atoms with Crippen LogP contribution in [0.25, 0.3) is 0 Å². The van der Waals surface area contributed by atoms with Gasteiger partial charge >= 0.3 is 0 Å². The topological polar surface area (TPSA) is 66.4 Å². The SMILES string of the molecule is O=S(=O)(Nc1cccc(Br)c1)c1cccc(CO)c1. The minimum atomic E-state index is -3.64. The molecule has 6 heteroatoms. The van der Waals surface area contributed by atoms with Crippen LogP contribution < -0.4 is 4.72 Å². The lowest BCUT2D eigenvalue weighted by atomic mass is 10.2. The summed E-state index contributed by atoms with van der Waals surface area (Å²) in [7, 11) is -3.64. The zero-order valence-corrected chi connectivity index (χ0v) is 12.3. The van der Waals surface area contributed by atoms with Gasteiger partial charge in [-0.15, -0.1) is 0 Å². The number of benzene rings is 2. The molecule has 2 aromatic carbocycles. The molecule has 2 aromatic rings. The second-order valence-electron chi connectivity index (χ2n) is 3.92. The zero-order chi connectivity index (χ0) is 13.9. The first-order valence-electron chi connectivity index (χ1n) is 5.49. The van der Waals surface area contributed by atoms with Crippen LogP contribution in [0.5, 0.6) is 0 Å². The number of aliphatic hydroxyl groups is 1. The van der Waals surface area contributed by atoms with E-state index in [0.29, 0.717) is 11.3 Å². The summed E-state index contributed by atoms with van der Waals surface area (Å²) in [6.45, 7) is -0.194. The highest BCUT2D eigenvalue weighted by Crippen LogP contribution is 2.20. The Hall–Kier alpha value is -1.37. The van der Waals surface area contributed by atoms with Gasteiger partial charge in [0.05, 0.1) is 11.5 Å². The molecule has 0 aromatic heterocycles. The van der Waals surface area contributed by atoms with Crippen molar-refractivity contribution in [1.82, 2.24) is 0 Å². The molecule has 0 amide bonds. The number of hydrogen-bond donors (Lipinski definition) is 2. The Balaban J connectivity index is 2.32. The number of sulfonamides is 1. The maximum absolute atomic E-state index is 12.2. The Bertz CT molecular complexity index is 686. The van der Waals surface area contributed by atoms with Gasteiger partial charge in [0, 0.05) is 10.2 Å². The van der Waals surface area contributed by atoms with Crippen molar-refractivity contribution in [3.05, 3.63) is 58.6 Å². The van der Waals surface area contributed by atoms with Gasteiger partial charge in [-0.25, -0.2) is 8.42 Å². The lowest BCUT2D eigenvalue weighted by Crippen LogP contribution is -2.13. The average Bonchev–Trinajstić information content (AvgIpc) is 2.38. The first-order chi connectivity index (χ1) is 9.01. The molecule has 0 aliphatic carbocycles. The second-order valence-corrected chi connectivity index (χ2v) is 6.52. The third-order valence-corrected chi connectivity index (χ3v) is 4.34. The summed E-state index contributed by atoms with van der Waals surface area (Å²) in [6, 6.07) is 13.1. The molecule has 0 heterocycles. The molecule has 0 bridgehead atoms. The summed E-state index contributed by atoms with van der Waals surface area (Å²) < 4.78 is 27.6. The molecular formula is C13H12BrNO3S. The summed E-state index contributed by atoms with van der Waals surface area (Å²) in [5.74, 6) is 0. The average molecular weight is 342 g/mol. The summed E-state index contributed by atoms with van der Waals surface area (Å²) in [5.41, 5.74) is 1.03. The predicted octanol–water partition coefficient (Wildman–Crippen LogP) is 2.74. The van der Waals surface area contributed by atoms with E-state index in [1.165, 1.54) is 12.1 Å². The third-order valence-electron chi connectivity index (χ3n) is 2.47. The van der Waals surface area contributed by atoms with E-state index in [9.17, 15) is 8.42 Å². The number of hydrogen-bond acceptors (Lipinski definition) is 3. The van der Waals surface area contributed by atoms with Crippen LogP contribution in [-0.2, 0) is 16.6 Å². The van der Waals surface area contributed by atoms with Crippen molar-refractivity contribution >= 4 is 31.6 Å². The van der Waals surface area contributed by atoms with E-state index in [1.807, 2.05) is 6.07 Å². The zero-order valence-electron chi connectivity index (χ0n) is 9.88. The first-order valence-corrected chi connectivity index (χ1v) is 7.77. The molecule has 100 valence electrons. The smallest absolute Gasteiger partial charge is 0.261 e. The highest BCUT2D eigenvalue weighted by atomic mass is 79.9. The van der Waals surface area contributed by atoms with Gasteiger partial charge in [0.1, 0.15) is 0 Å². The van der Waals surface area contributed by atoms with Crippen molar-refractivity contribution in [3.8, 4) is 0 Å². The van der Waals surface area contributed by atoms with E-state index in [4.69, 9.17) is 5.11 Å². The Morgan fingerprint density at radius 3 is 2.53 bits per heavy atom. The molecule has 19 heavy (non-hydrogen) atoms. The number of nitrogens with one attached hydrogen (secondary N) is 1. The van der Waals surface area contributed by atoms with Gasteiger partial charge < -0.3 is 5.11 Å². The molecule has 2 N–H and O–H groups in total. The summed E-state index contributed by atoms with van der Waals surface area (Å²) in [4.78, 5) is 0.124. The van der Waals surface area contributed by atoms with Crippen LogP contribution in [0.4, 0.5) is 5.69 Å². The number of halogens is 1. The van der Waals surface area contributed by atoms with E-state index in [1.54, 1.807) is 30.3 Å². The first kappa shape index (κ1) is 14.0. The van der Waals surface area contributed by atoms with E-state index >= 15 is 0 Å². The van der Waals surface area contributed by atoms with Gasteiger partial charge in [-0.3, -0.25) is 4.72 Å². The molecule has 0 radical (unpaired) electrons. The van der Waals surface area contributed by atoms with Crippen LogP contribution in [0.1, 0.15) is 5.56 Å². The van der Waals surface area contributed by atoms with Crippen molar-refractivity contribution < 1.29 is 13.5 Å². The van der Waals surface area contributed by atoms with Gasteiger partial charge in [0.2, 0.25) is 0 Å². The molecule has 0 aliphatic heterocycles. The Morgan fingerprint density at radius 1 is 1.11 bits per heavy atom. The molecule has 0 atom stereocenters.